The molecule has 16 heavy (non-hydrogen) atoms. The fourth-order valence-electron chi connectivity index (χ4n) is 1.42. The number of nitrogens with one attached hydrogen (secondary N) is 1. The van der Waals surface area contributed by atoms with Gasteiger partial charge >= 0.3 is 0 Å². The van der Waals surface area contributed by atoms with Crippen LogP contribution in [0.1, 0.15) is 18.2 Å². The van der Waals surface area contributed by atoms with Crippen molar-refractivity contribution in [1.29, 1.82) is 0 Å². The van der Waals surface area contributed by atoms with Crippen molar-refractivity contribution in [1.82, 2.24) is 5.32 Å². The summed E-state index contributed by atoms with van der Waals surface area (Å²) >= 11 is 5.02. The Labute approximate surface area is 109 Å². The Morgan fingerprint density at radius 2 is 2.31 bits per heavy atom. The van der Waals surface area contributed by atoms with Crippen molar-refractivity contribution in [3.63, 3.8) is 0 Å². The van der Waals surface area contributed by atoms with Crippen LogP contribution >= 0.6 is 27.3 Å². The van der Waals surface area contributed by atoms with Crippen molar-refractivity contribution in [2.45, 2.75) is 18.9 Å². The van der Waals surface area contributed by atoms with Crippen molar-refractivity contribution in [2.75, 3.05) is 26.8 Å². The van der Waals surface area contributed by atoms with Crippen molar-refractivity contribution in [3.05, 3.63) is 20.8 Å². The zero-order valence-electron chi connectivity index (χ0n) is 9.62. The van der Waals surface area contributed by atoms with Crippen LogP contribution in [0.5, 0.6) is 0 Å². The quantitative estimate of drug-likeness (QED) is 0.760. The van der Waals surface area contributed by atoms with Gasteiger partial charge in [-0.05, 0) is 47.3 Å². The summed E-state index contributed by atoms with van der Waals surface area (Å²) in [4.78, 5) is 0.987. The Bertz CT molecular complexity index is 315. The fourth-order valence-corrected chi connectivity index (χ4v) is 3.31. The number of thiophene rings is 1. The molecule has 1 atom stereocenters. The minimum Gasteiger partial charge on any atom is -0.385 e. The average Bonchev–Trinajstić information content (AvgIpc) is 2.65. The summed E-state index contributed by atoms with van der Waals surface area (Å²) in [6, 6.07) is 1.97. The third-order valence-electron chi connectivity index (χ3n) is 2.38. The number of rotatable bonds is 7. The van der Waals surface area contributed by atoms with Crippen LogP contribution in [-0.2, 0) is 10.3 Å². The van der Waals surface area contributed by atoms with E-state index in [1.54, 1.807) is 18.4 Å². The summed E-state index contributed by atoms with van der Waals surface area (Å²) in [6.07, 6.45) is 0.690. The van der Waals surface area contributed by atoms with Gasteiger partial charge in [-0.3, -0.25) is 0 Å². The predicted octanol–water partition coefficient (Wildman–Crippen LogP) is 2.34. The maximum atomic E-state index is 10.3. The molecule has 92 valence electrons. The SMILES string of the molecule is COCCNCCC(C)(O)c1sccc1Br. The van der Waals surface area contributed by atoms with E-state index >= 15 is 0 Å². The molecule has 0 amide bonds. The lowest BCUT2D eigenvalue weighted by Gasteiger charge is -2.22. The van der Waals surface area contributed by atoms with Gasteiger partial charge in [0.15, 0.2) is 0 Å². The largest absolute Gasteiger partial charge is 0.385 e. The second kappa shape index (κ2) is 6.71. The Morgan fingerprint density at radius 1 is 1.56 bits per heavy atom. The molecular weight excluding hydrogens is 290 g/mol. The van der Waals surface area contributed by atoms with E-state index < -0.39 is 5.60 Å². The lowest BCUT2D eigenvalue weighted by atomic mass is 10.0. The van der Waals surface area contributed by atoms with Gasteiger partial charge in [0.2, 0.25) is 0 Å². The topological polar surface area (TPSA) is 41.5 Å². The highest BCUT2D eigenvalue weighted by atomic mass is 79.9. The maximum Gasteiger partial charge on any atom is 0.0983 e. The molecule has 5 heteroatoms. The van der Waals surface area contributed by atoms with E-state index in [1.165, 1.54) is 0 Å². The highest BCUT2D eigenvalue weighted by Gasteiger charge is 2.26. The van der Waals surface area contributed by atoms with Gasteiger partial charge in [0, 0.05) is 18.1 Å². The molecule has 0 aliphatic carbocycles. The molecule has 0 spiro atoms. The maximum absolute atomic E-state index is 10.3. The molecule has 1 heterocycles. The Hall–Kier alpha value is 0.0600. The fraction of sp³-hybridized carbons (Fsp3) is 0.636. The van der Waals surface area contributed by atoms with Gasteiger partial charge < -0.3 is 15.2 Å². The summed E-state index contributed by atoms with van der Waals surface area (Å²) in [5, 5.41) is 15.5. The van der Waals surface area contributed by atoms with Crippen LogP contribution in [0, 0.1) is 0 Å². The van der Waals surface area contributed by atoms with E-state index in [4.69, 9.17) is 4.74 Å². The number of halogens is 1. The third kappa shape index (κ3) is 4.14. The van der Waals surface area contributed by atoms with Gasteiger partial charge in [0.25, 0.3) is 0 Å². The molecule has 0 saturated heterocycles. The van der Waals surface area contributed by atoms with E-state index in [1.807, 2.05) is 18.4 Å². The van der Waals surface area contributed by atoms with E-state index in [9.17, 15) is 5.11 Å². The number of ether oxygens (including phenoxy) is 1. The third-order valence-corrected chi connectivity index (χ3v) is 4.47. The minimum absolute atomic E-state index is 0.690. The smallest absolute Gasteiger partial charge is 0.0983 e. The molecule has 0 radical (unpaired) electrons. The second-order valence-corrected chi connectivity index (χ2v) is 5.63. The zero-order valence-corrected chi connectivity index (χ0v) is 12.0. The molecule has 0 aliphatic heterocycles. The lowest BCUT2D eigenvalue weighted by molar-refractivity contribution is 0.0506. The van der Waals surface area contributed by atoms with Gasteiger partial charge in [-0.25, -0.2) is 0 Å². The summed E-state index contributed by atoms with van der Waals surface area (Å²) in [6.45, 7) is 4.14. The first-order chi connectivity index (χ1) is 7.58. The van der Waals surface area contributed by atoms with E-state index in [-0.39, 0.29) is 0 Å². The molecule has 1 unspecified atom stereocenters. The van der Waals surface area contributed by atoms with Crippen molar-refractivity contribution in [3.8, 4) is 0 Å². The molecule has 3 nitrogen and oxygen atoms in total. The first kappa shape index (κ1) is 14.1. The first-order valence-corrected chi connectivity index (χ1v) is 6.90. The minimum atomic E-state index is -0.771. The first-order valence-electron chi connectivity index (χ1n) is 5.23. The van der Waals surface area contributed by atoms with Gasteiger partial charge in [-0.15, -0.1) is 11.3 Å². The predicted molar refractivity (Wildman–Crippen MR) is 71.0 cm³/mol. The van der Waals surface area contributed by atoms with E-state index in [0.29, 0.717) is 13.0 Å². The summed E-state index contributed by atoms with van der Waals surface area (Å²) in [7, 11) is 1.68. The van der Waals surface area contributed by atoms with E-state index in [0.717, 1.165) is 22.4 Å². The van der Waals surface area contributed by atoms with Crippen molar-refractivity contribution in [2.24, 2.45) is 0 Å². The highest BCUT2D eigenvalue weighted by molar-refractivity contribution is 9.10. The number of hydrogen-bond donors (Lipinski definition) is 2. The summed E-state index contributed by atoms with van der Waals surface area (Å²) < 4.78 is 5.92. The van der Waals surface area contributed by atoms with Crippen LogP contribution in [0.15, 0.2) is 15.9 Å². The Morgan fingerprint density at radius 3 is 2.88 bits per heavy atom. The molecule has 0 fully saturated rings. The van der Waals surface area contributed by atoms with Crippen LogP contribution in [0.25, 0.3) is 0 Å². The van der Waals surface area contributed by atoms with Crippen LogP contribution in [0.4, 0.5) is 0 Å². The Kier molecular flexibility index (Phi) is 5.92. The zero-order chi connectivity index (χ0) is 12.0. The molecule has 0 aliphatic rings. The van der Waals surface area contributed by atoms with Crippen LogP contribution in [0.2, 0.25) is 0 Å². The molecular formula is C11H18BrNO2S. The monoisotopic (exact) mass is 307 g/mol. The van der Waals surface area contributed by atoms with Gasteiger partial charge in [0.05, 0.1) is 17.1 Å². The number of methoxy groups -OCH3 is 1. The van der Waals surface area contributed by atoms with Gasteiger partial charge in [-0.1, -0.05) is 0 Å². The van der Waals surface area contributed by atoms with Crippen LogP contribution in [0.3, 0.4) is 0 Å². The number of hydrogen-bond acceptors (Lipinski definition) is 4. The average molecular weight is 308 g/mol. The van der Waals surface area contributed by atoms with Gasteiger partial charge in [0.1, 0.15) is 0 Å². The second-order valence-electron chi connectivity index (χ2n) is 3.86. The normalized spacial score (nSPS) is 15.0. The van der Waals surface area contributed by atoms with Crippen molar-refractivity contribution < 1.29 is 9.84 Å². The Balaban J connectivity index is 2.37. The molecule has 1 aromatic heterocycles. The van der Waals surface area contributed by atoms with Gasteiger partial charge in [-0.2, -0.15) is 0 Å². The number of aliphatic hydroxyl groups is 1. The molecule has 0 saturated carbocycles. The molecule has 0 bridgehead atoms. The van der Waals surface area contributed by atoms with Crippen LogP contribution < -0.4 is 5.32 Å². The summed E-state index contributed by atoms with van der Waals surface area (Å²) in [5.74, 6) is 0. The molecule has 2 N–H and O–H groups in total. The standard InChI is InChI=1S/C11H18BrNO2S/c1-11(14,4-5-13-6-7-15-2)10-9(12)3-8-16-10/h3,8,13-14H,4-7H2,1-2H3. The van der Waals surface area contributed by atoms with Crippen LogP contribution in [-0.4, -0.2) is 31.9 Å². The lowest BCUT2D eigenvalue weighted by Crippen LogP contribution is -2.29. The highest BCUT2D eigenvalue weighted by Crippen LogP contribution is 2.34. The molecule has 1 aromatic rings. The van der Waals surface area contributed by atoms with E-state index in [2.05, 4.69) is 21.2 Å². The molecule has 1 rings (SSSR count). The molecule has 0 aromatic carbocycles. The summed E-state index contributed by atoms with van der Waals surface area (Å²) in [5.41, 5.74) is -0.771. The van der Waals surface area contributed by atoms with Crippen molar-refractivity contribution >= 4 is 27.3 Å².